The summed E-state index contributed by atoms with van der Waals surface area (Å²) in [6, 6.07) is 4.35. The van der Waals surface area contributed by atoms with Crippen molar-refractivity contribution < 1.29 is 19.4 Å². The molecule has 33 heavy (non-hydrogen) atoms. The fourth-order valence-corrected chi connectivity index (χ4v) is 3.42. The summed E-state index contributed by atoms with van der Waals surface area (Å²) in [7, 11) is 0. The molecule has 5 nitrogen and oxygen atoms in total. The molecule has 0 saturated heterocycles. The molecule has 2 N–H and O–H groups in total. The van der Waals surface area contributed by atoms with E-state index in [9.17, 15) is 14.7 Å². The van der Waals surface area contributed by atoms with Gasteiger partial charge in [0.25, 0.3) is 0 Å². The number of benzene rings is 1. The number of carbonyl (C=O) groups is 2. The zero-order valence-corrected chi connectivity index (χ0v) is 19.9. The lowest BCUT2D eigenvalue weighted by Gasteiger charge is -2.08. The minimum absolute atomic E-state index is 0. The number of hydrogen-bond acceptors (Lipinski definition) is 5. The third-order valence-electron chi connectivity index (χ3n) is 5.23. The van der Waals surface area contributed by atoms with Crippen LogP contribution in [-0.2, 0) is 4.74 Å². The van der Waals surface area contributed by atoms with Crippen molar-refractivity contribution in [1.29, 1.82) is 0 Å². The van der Waals surface area contributed by atoms with E-state index in [4.69, 9.17) is 4.74 Å². The van der Waals surface area contributed by atoms with Gasteiger partial charge < -0.3 is 15.2 Å². The number of ketones is 1. The first-order valence-corrected chi connectivity index (χ1v) is 12.2. The average Bonchev–Trinajstić information content (AvgIpc) is 2.84. The van der Waals surface area contributed by atoms with Crippen LogP contribution < -0.4 is 5.32 Å². The molecular weight excluding hydrogens is 414 g/mol. The minimum Gasteiger partial charge on any atom is -0.507 e. The van der Waals surface area contributed by atoms with Crippen molar-refractivity contribution in [3.63, 3.8) is 0 Å². The number of nitrogens with one attached hydrogen (secondary N) is 1. The number of allylic oxidation sites excluding steroid dienone is 4. The van der Waals surface area contributed by atoms with Crippen LogP contribution in [0.4, 0.5) is 0 Å². The molecule has 2 rings (SSSR count). The van der Waals surface area contributed by atoms with E-state index in [1.54, 1.807) is 0 Å². The van der Waals surface area contributed by atoms with Crippen molar-refractivity contribution in [2.75, 3.05) is 26.3 Å². The Hall–Kier alpha value is -2.24. The van der Waals surface area contributed by atoms with Crippen LogP contribution in [0.2, 0.25) is 0 Å². The van der Waals surface area contributed by atoms with Crippen LogP contribution in [0.15, 0.2) is 42.0 Å². The number of aldehydes is 1. The van der Waals surface area contributed by atoms with E-state index < -0.39 is 0 Å². The molecule has 186 valence electrons. The number of carbonyl (C=O) groups excluding carboxylic acids is 2. The summed E-state index contributed by atoms with van der Waals surface area (Å²) in [6.45, 7) is 6.70. The lowest BCUT2D eigenvalue weighted by atomic mass is 10.0. The van der Waals surface area contributed by atoms with Crippen molar-refractivity contribution in [3.05, 3.63) is 53.1 Å². The molecule has 0 aliphatic heterocycles. The number of phenolic OH excluding ortho intramolecular Hbond substituents is 1. The largest absolute Gasteiger partial charge is 0.507 e. The lowest BCUT2D eigenvalue weighted by Crippen LogP contribution is -2.24. The van der Waals surface area contributed by atoms with Gasteiger partial charge in [-0.05, 0) is 69.7 Å². The molecular formula is C28H45NO4. The first-order chi connectivity index (χ1) is 15.7. The molecule has 0 spiro atoms. The van der Waals surface area contributed by atoms with Crippen molar-refractivity contribution in [1.82, 2.24) is 5.32 Å². The van der Waals surface area contributed by atoms with E-state index in [0.29, 0.717) is 11.8 Å². The zero-order chi connectivity index (χ0) is 23.4. The smallest absolute Gasteiger partial charge is 0.176 e. The van der Waals surface area contributed by atoms with Gasteiger partial charge >= 0.3 is 0 Å². The molecule has 1 aliphatic carbocycles. The molecule has 0 radical (unpaired) electrons. The minimum atomic E-state index is -0.104. The number of aromatic hydroxyl groups is 1. The van der Waals surface area contributed by atoms with Crippen molar-refractivity contribution in [3.8, 4) is 5.75 Å². The van der Waals surface area contributed by atoms with Crippen LogP contribution in [0.25, 0.3) is 0 Å². The normalized spacial score (nSPS) is 12.2. The number of Topliss-reactive ketones (excluding diaryl/α,β-unsaturated/α-hetero) is 1. The predicted octanol–water partition coefficient (Wildman–Crippen LogP) is 6.66. The highest BCUT2D eigenvalue weighted by Crippen LogP contribution is 2.17. The van der Waals surface area contributed by atoms with E-state index in [1.165, 1.54) is 49.5 Å². The Morgan fingerprint density at radius 1 is 1.06 bits per heavy atom. The van der Waals surface area contributed by atoms with Crippen LogP contribution in [0, 0.1) is 0 Å². The molecule has 0 fully saturated rings. The summed E-state index contributed by atoms with van der Waals surface area (Å²) in [5, 5.41) is 12.6. The van der Waals surface area contributed by atoms with Gasteiger partial charge in [-0.2, -0.15) is 0 Å². The van der Waals surface area contributed by atoms with Gasteiger partial charge in [0.1, 0.15) is 5.75 Å². The molecule has 5 heteroatoms. The highest BCUT2D eigenvalue weighted by atomic mass is 16.5. The summed E-state index contributed by atoms with van der Waals surface area (Å²) in [5.74, 6) is -0.185. The number of hydrogen-bond donors (Lipinski definition) is 2. The van der Waals surface area contributed by atoms with Crippen molar-refractivity contribution in [2.45, 2.75) is 79.1 Å². The Morgan fingerprint density at radius 2 is 1.79 bits per heavy atom. The number of rotatable bonds is 16. The Bertz CT molecular complexity index is 725. The first kappa shape index (κ1) is 30.8. The first-order valence-electron chi connectivity index (χ1n) is 12.2. The molecule has 0 aromatic heterocycles. The van der Waals surface area contributed by atoms with E-state index in [0.717, 1.165) is 51.9 Å². The van der Waals surface area contributed by atoms with Gasteiger partial charge in [-0.3, -0.25) is 9.59 Å². The lowest BCUT2D eigenvalue weighted by molar-refractivity contribution is 0.0991. The van der Waals surface area contributed by atoms with Crippen LogP contribution in [-0.4, -0.2) is 43.5 Å². The SMILES string of the molecule is C.CC.O=Cc1cc(C(=O)CNCCCCCCOCCCCC2=CCCC=C2)ccc1O. The maximum absolute atomic E-state index is 12.1. The van der Waals surface area contributed by atoms with E-state index >= 15 is 0 Å². The Kier molecular flexibility index (Phi) is 19.0. The van der Waals surface area contributed by atoms with E-state index in [1.807, 2.05) is 13.8 Å². The van der Waals surface area contributed by atoms with Crippen LogP contribution in [0.1, 0.15) is 99.8 Å². The van der Waals surface area contributed by atoms with Crippen molar-refractivity contribution >= 4 is 12.1 Å². The number of unbranched alkanes of at least 4 members (excludes halogenated alkanes) is 4. The monoisotopic (exact) mass is 459 g/mol. The quantitative estimate of drug-likeness (QED) is 0.164. The summed E-state index contributed by atoms with van der Waals surface area (Å²) >= 11 is 0. The van der Waals surface area contributed by atoms with Gasteiger partial charge in [-0.15, -0.1) is 0 Å². The van der Waals surface area contributed by atoms with Crippen LogP contribution in [0.5, 0.6) is 5.75 Å². The molecule has 0 unspecified atom stereocenters. The molecule has 1 aliphatic rings. The average molecular weight is 460 g/mol. The van der Waals surface area contributed by atoms with Crippen molar-refractivity contribution in [2.24, 2.45) is 0 Å². The third kappa shape index (κ3) is 13.8. The third-order valence-corrected chi connectivity index (χ3v) is 5.23. The van der Waals surface area contributed by atoms with Gasteiger partial charge in [0.2, 0.25) is 0 Å². The van der Waals surface area contributed by atoms with Crippen LogP contribution >= 0.6 is 0 Å². The maximum atomic E-state index is 12.1. The number of phenols is 1. The van der Waals surface area contributed by atoms with Gasteiger partial charge in [0.15, 0.2) is 12.1 Å². The van der Waals surface area contributed by atoms with E-state index in [-0.39, 0.29) is 31.1 Å². The highest BCUT2D eigenvalue weighted by molar-refractivity contribution is 5.99. The zero-order valence-electron chi connectivity index (χ0n) is 19.9. The highest BCUT2D eigenvalue weighted by Gasteiger charge is 2.08. The topological polar surface area (TPSA) is 75.6 Å². The van der Waals surface area contributed by atoms with Gasteiger partial charge in [0.05, 0.1) is 12.1 Å². The Labute approximate surface area is 201 Å². The molecule has 0 bridgehead atoms. The number of ether oxygens (including phenoxy) is 1. The molecule has 0 amide bonds. The van der Waals surface area contributed by atoms with Crippen LogP contribution in [0.3, 0.4) is 0 Å². The molecule has 1 aromatic carbocycles. The molecule has 0 atom stereocenters. The summed E-state index contributed by atoms with van der Waals surface area (Å²) < 4.78 is 5.72. The van der Waals surface area contributed by atoms with E-state index in [2.05, 4.69) is 23.5 Å². The predicted molar refractivity (Wildman–Crippen MR) is 138 cm³/mol. The second-order valence-electron chi connectivity index (χ2n) is 7.73. The molecule has 1 aromatic rings. The summed E-state index contributed by atoms with van der Waals surface area (Å²) in [4.78, 5) is 22.9. The fourth-order valence-electron chi connectivity index (χ4n) is 3.42. The van der Waals surface area contributed by atoms with Gasteiger partial charge in [-0.1, -0.05) is 57.9 Å². The fraction of sp³-hybridized carbons (Fsp3) is 0.571. The molecule has 0 heterocycles. The molecule has 0 saturated carbocycles. The standard InChI is InChI=1S/C25H35NO4.C2H6.CH4/c27-20-23-18-22(13-14-24(23)28)25(29)19-26-15-7-1-2-8-16-30-17-9-6-12-21-10-4-3-5-11-21;1-2;/h4,10-11,13-14,18,20,26,28H,1-3,5-9,12,15-17,19H2;1-2H3;1H4. The Morgan fingerprint density at radius 3 is 2.48 bits per heavy atom. The Balaban J connectivity index is 0.00000332. The maximum Gasteiger partial charge on any atom is 0.176 e. The summed E-state index contributed by atoms with van der Waals surface area (Å²) in [6.07, 6.45) is 17.6. The van der Waals surface area contributed by atoms with Gasteiger partial charge in [-0.25, -0.2) is 0 Å². The summed E-state index contributed by atoms with van der Waals surface area (Å²) in [5.41, 5.74) is 2.05. The van der Waals surface area contributed by atoms with Gasteiger partial charge in [0, 0.05) is 18.8 Å². The second kappa shape index (κ2) is 20.4. The second-order valence-corrected chi connectivity index (χ2v) is 7.73.